The number of nitrogens with zero attached hydrogens (tertiary/aromatic N) is 1. The number of carbonyl (C=O) groups is 2. The normalized spacial score (nSPS) is 14.3. The van der Waals surface area contributed by atoms with Crippen molar-refractivity contribution in [2.24, 2.45) is 0 Å². The Morgan fingerprint density at radius 1 is 0.972 bits per heavy atom. The molecule has 3 aromatic rings. The lowest BCUT2D eigenvalue weighted by Crippen LogP contribution is -2.53. The van der Waals surface area contributed by atoms with Crippen LogP contribution < -0.4 is 10.1 Å². The molecule has 0 spiro atoms. The van der Waals surface area contributed by atoms with E-state index in [4.69, 9.17) is 4.74 Å². The SMILES string of the molecule is Cc1cccc(CN(C(=O)COc2ccc(F)cc2)C(Cc2ccccc2)C(=O)NC2CCCC2)c1. The largest absolute Gasteiger partial charge is 0.484 e. The van der Waals surface area contributed by atoms with Crippen LogP contribution in [0.3, 0.4) is 0 Å². The van der Waals surface area contributed by atoms with E-state index in [1.165, 1.54) is 24.3 Å². The third-order valence-electron chi connectivity index (χ3n) is 6.58. The molecule has 6 heteroatoms. The number of nitrogens with one attached hydrogen (secondary N) is 1. The molecule has 0 radical (unpaired) electrons. The summed E-state index contributed by atoms with van der Waals surface area (Å²) in [5, 5.41) is 3.20. The van der Waals surface area contributed by atoms with Crippen molar-refractivity contribution < 1.29 is 18.7 Å². The van der Waals surface area contributed by atoms with Gasteiger partial charge in [-0.3, -0.25) is 9.59 Å². The van der Waals surface area contributed by atoms with Gasteiger partial charge in [-0.25, -0.2) is 4.39 Å². The number of halogens is 1. The minimum absolute atomic E-state index is 0.141. The van der Waals surface area contributed by atoms with Gasteiger partial charge in [-0.1, -0.05) is 73.0 Å². The number of hydrogen-bond donors (Lipinski definition) is 1. The summed E-state index contributed by atoms with van der Waals surface area (Å²) < 4.78 is 19.0. The molecule has 0 aliphatic heterocycles. The van der Waals surface area contributed by atoms with Crippen molar-refractivity contribution >= 4 is 11.8 Å². The Balaban J connectivity index is 1.60. The molecule has 36 heavy (non-hydrogen) atoms. The van der Waals surface area contributed by atoms with Gasteiger partial charge in [0.2, 0.25) is 5.91 Å². The molecule has 1 unspecified atom stereocenters. The number of rotatable bonds is 10. The first kappa shape index (κ1) is 25.4. The summed E-state index contributed by atoms with van der Waals surface area (Å²) in [6.07, 6.45) is 4.53. The highest BCUT2D eigenvalue weighted by Crippen LogP contribution is 2.21. The van der Waals surface area contributed by atoms with E-state index in [9.17, 15) is 14.0 Å². The maximum absolute atomic E-state index is 13.6. The molecular weight excluding hydrogens is 455 g/mol. The van der Waals surface area contributed by atoms with Crippen molar-refractivity contribution in [3.05, 3.63) is 101 Å². The Bertz CT molecular complexity index is 1140. The molecule has 0 aromatic heterocycles. The first-order chi connectivity index (χ1) is 17.5. The Labute approximate surface area is 212 Å². The van der Waals surface area contributed by atoms with E-state index >= 15 is 0 Å². The molecule has 0 heterocycles. The maximum Gasteiger partial charge on any atom is 0.261 e. The van der Waals surface area contributed by atoms with Crippen LogP contribution in [0.5, 0.6) is 5.75 Å². The number of amides is 2. The van der Waals surface area contributed by atoms with Crippen molar-refractivity contribution in [2.45, 2.75) is 57.7 Å². The zero-order chi connectivity index (χ0) is 25.3. The Morgan fingerprint density at radius 3 is 2.36 bits per heavy atom. The zero-order valence-corrected chi connectivity index (χ0v) is 20.7. The summed E-state index contributed by atoms with van der Waals surface area (Å²) >= 11 is 0. The third kappa shape index (κ3) is 7.17. The summed E-state index contributed by atoms with van der Waals surface area (Å²) in [5.74, 6) is -0.423. The molecule has 1 atom stereocenters. The van der Waals surface area contributed by atoms with E-state index in [0.717, 1.165) is 42.4 Å². The standard InChI is InChI=1S/C30H33FN2O3/c1-22-8-7-11-24(18-22)20-33(29(34)21-36-27-16-14-25(31)15-17-27)28(19-23-9-3-2-4-10-23)30(35)32-26-12-5-6-13-26/h2-4,7-11,14-18,26,28H,5-6,12-13,19-21H2,1H3,(H,32,35). The highest BCUT2D eigenvalue weighted by atomic mass is 19.1. The van der Waals surface area contributed by atoms with E-state index in [-0.39, 0.29) is 36.8 Å². The first-order valence-corrected chi connectivity index (χ1v) is 12.6. The van der Waals surface area contributed by atoms with Gasteiger partial charge in [0, 0.05) is 19.0 Å². The molecule has 5 nitrogen and oxygen atoms in total. The van der Waals surface area contributed by atoms with Crippen molar-refractivity contribution in [3.63, 3.8) is 0 Å². The highest BCUT2D eigenvalue weighted by Gasteiger charge is 2.32. The van der Waals surface area contributed by atoms with Gasteiger partial charge in [0.25, 0.3) is 5.91 Å². The van der Waals surface area contributed by atoms with Crippen LogP contribution >= 0.6 is 0 Å². The Kier molecular flexibility index (Phi) is 8.71. The lowest BCUT2D eigenvalue weighted by molar-refractivity contribution is -0.143. The van der Waals surface area contributed by atoms with Gasteiger partial charge >= 0.3 is 0 Å². The quantitative estimate of drug-likeness (QED) is 0.426. The van der Waals surface area contributed by atoms with Gasteiger partial charge in [0.15, 0.2) is 6.61 Å². The average molecular weight is 489 g/mol. The second-order valence-electron chi connectivity index (χ2n) is 9.45. The van der Waals surface area contributed by atoms with Crippen LogP contribution in [0.1, 0.15) is 42.4 Å². The minimum atomic E-state index is -0.696. The van der Waals surface area contributed by atoms with Gasteiger partial charge in [-0.15, -0.1) is 0 Å². The van der Waals surface area contributed by atoms with Gasteiger partial charge in [0.1, 0.15) is 17.6 Å². The molecule has 1 fully saturated rings. The summed E-state index contributed by atoms with van der Waals surface area (Å²) in [4.78, 5) is 28.8. The number of ether oxygens (including phenoxy) is 1. The van der Waals surface area contributed by atoms with Crippen LogP contribution in [0.15, 0.2) is 78.9 Å². The lowest BCUT2D eigenvalue weighted by atomic mass is 10.0. The van der Waals surface area contributed by atoms with Gasteiger partial charge in [-0.2, -0.15) is 0 Å². The van der Waals surface area contributed by atoms with Gasteiger partial charge < -0.3 is 15.0 Å². The van der Waals surface area contributed by atoms with E-state index in [1.807, 2.05) is 61.5 Å². The molecule has 3 aromatic carbocycles. The molecule has 1 saturated carbocycles. The fraction of sp³-hybridized carbons (Fsp3) is 0.333. The third-order valence-corrected chi connectivity index (χ3v) is 6.58. The second-order valence-corrected chi connectivity index (χ2v) is 9.45. The van der Waals surface area contributed by atoms with Crippen molar-refractivity contribution in [1.29, 1.82) is 0 Å². The minimum Gasteiger partial charge on any atom is -0.484 e. The van der Waals surface area contributed by atoms with Crippen molar-refractivity contribution in [2.75, 3.05) is 6.61 Å². The van der Waals surface area contributed by atoms with Crippen LogP contribution in [0.25, 0.3) is 0 Å². The molecular formula is C30H33FN2O3. The number of carbonyl (C=O) groups excluding carboxylic acids is 2. The fourth-order valence-corrected chi connectivity index (χ4v) is 4.69. The number of benzene rings is 3. The van der Waals surface area contributed by atoms with E-state index in [1.54, 1.807) is 4.90 Å². The first-order valence-electron chi connectivity index (χ1n) is 12.6. The Morgan fingerprint density at radius 2 is 1.67 bits per heavy atom. The average Bonchev–Trinajstić information content (AvgIpc) is 3.39. The summed E-state index contributed by atoms with van der Waals surface area (Å²) in [6.45, 7) is 2.03. The molecule has 1 aliphatic carbocycles. The van der Waals surface area contributed by atoms with Crippen LogP contribution in [-0.2, 0) is 22.6 Å². The second kappa shape index (κ2) is 12.3. The Hall–Kier alpha value is -3.67. The van der Waals surface area contributed by atoms with Crippen LogP contribution in [0.2, 0.25) is 0 Å². The van der Waals surface area contributed by atoms with Crippen LogP contribution in [0, 0.1) is 12.7 Å². The fourth-order valence-electron chi connectivity index (χ4n) is 4.69. The molecule has 2 amide bonds. The van der Waals surface area contributed by atoms with E-state index < -0.39 is 6.04 Å². The lowest BCUT2D eigenvalue weighted by Gasteiger charge is -2.32. The van der Waals surface area contributed by atoms with Crippen LogP contribution in [-0.4, -0.2) is 35.4 Å². The summed E-state index contributed by atoms with van der Waals surface area (Å²) in [7, 11) is 0. The topological polar surface area (TPSA) is 58.6 Å². The predicted molar refractivity (Wildman–Crippen MR) is 138 cm³/mol. The molecule has 0 saturated heterocycles. The number of aryl methyl sites for hydroxylation is 1. The zero-order valence-electron chi connectivity index (χ0n) is 20.7. The molecule has 1 N–H and O–H groups in total. The van der Waals surface area contributed by atoms with Crippen LogP contribution in [0.4, 0.5) is 4.39 Å². The van der Waals surface area contributed by atoms with Gasteiger partial charge in [0.05, 0.1) is 0 Å². The predicted octanol–water partition coefficient (Wildman–Crippen LogP) is 5.21. The summed E-state index contributed by atoms with van der Waals surface area (Å²) in [6, 6.07) is 22.7. The molecule has 0 bridgehead atoms. The summed E-state index contributed by atoms with van der Waals surface area (Å²) in [5.41, 5.74) is 3.00. The van der Waals surface area contributed by atoms with Gasteiger partial charge in [-0.05, 0) is 55.2 Å². The molecule has 188 valence electrons. The monoisotopic (exact) mass is 488 g/mol. The van der Waals surface area contributed by atoms with Crippen molar-refractivity contribution in [1.82, 2.24) is 10.2 Å². The van der Waals surface area contributed by atoms with E-state index in [0.29, 0.717) is 12.2 Å². The van der Waals surface area contributed by atoms with Crippen molar-refractivity contribution in [3.8, 4) is 5.75 Å². The molecule has 4 rings (SSSR count). The van der Waals surface area contributed by atoms with E-state index in [2.05, 4.69) is 5.32 Å². The molecule has 1 aliphatic rings. The smallest absolute Gasteiger partial charge is 0.261 e. The highest BCUT2D eigenvalue weighted by molar-refractivity contribution is 5.88. The maximum atomic E-state index is 13.6. The number of hydrogen-bond acceptors (Lipinski definition) is 3.